The molecule has 10 nitrogen and oxygen atoms in total. The zero-order chi connectivity index (χ0) is 24.6. The molecule has 2 saturated heterocycles. The van der Waals surface area contributed by atoms with E-state index < -0.39 is 23.7 Å². The molecule has 0 atom stereocenters. The first kappa shape index (κ1) is 23.6. The monoisotopic (exact) mass is 484 g/mol. The first-order valence-electron chi connectivity index (χ1n) is 10.8. The first-order chi connectivity index (χ1) is 16.2. The number of carbonyl (C=O) groups is 3. The van der Waals surface area contributed by atoms with Crippen molar-refractivity contribution in [2.24, 2.45) is 0 Å². The van der Waals surface area contributed by atoms with E-state index in [-0.39, 0.29) is 15.5 Å². The molecule has 3 heterocycles. The molecule has 0 saturated carbocycles. The Hall–Kier alpha value is -3.60. The van der Waals surface area contributed by atoms with Crippen molar-refractivity contribution in [2.45, 2.75) is 26.7 Å². The number of aromatic nitrogens is 1. The second-order valence-corrected chi connectivity index (χ2v) is 9.12. The number of ether oxygens (including phenoxy) is 1. The number of nitrogens with zero attached hydrogens (tertiary/aromatic N) is 4. The predicted molar refractivity (Wildman–Crippen MR) is 128 cm³/mol. The summed E-state index contributed by atoms with van der Waals surface area (Å²) in [4.78, 5) is 50.9. The van der Waals surface area contributed by atoms with Crippen LogP contribution in [0.3, 0.4) is 0 Å². The number of hydrogen-bond acceptors (Lipinski definition) is 8. The van der Waals surface area contributed by atoms with Crippen LogP contribution < -0.4 is 4.90 Å². The van der Waals surface area contributed by atoms with Crippen LogP contribution in [-0.2, 0) is 14.3 Å². The maximum atomic E-state index is 12.6. The number of anilines is 1. The number of amides is 2. The van der Waals surface area contributed by atoms with Gasteiger partial charge in [-0.3, -0.25) is 29.4 Å². The lowest BCUT2D eigenvalue weighted by molar-refractivity contribution is -0.384. The van der Waals surface area contributed by atoms with Crippen molar-refractivity contribution in [1.29, 1.82) is 0 Å². The minimum absolute atomic E-state index is 0.0531. The zero-order valence-electron chi connectivity index (χ0n) is 19.1. The van der Waals surface area contributed by atoms with Crippen molar-refractivity contribution in [3.05, 3.63) is 56.2 Å². The fraction of sp³-hybridized carbons (Fsp3) is 0.348. The van der Waals surface area contributed by atoms with Crippen molar-refractivity contribution in [3.63, 3.8) is 0 Å². The fourth-order valence-corrected chi connectivity index (χ4v) is 5.15. The summed E-state index contributed by atoms with van der Waals surface area (Å²) in [6.07, 6.45) is 3.64. The van der Waals surface area contributed by atoms with Gasteiger partial charge in [-0.15, -0.1) is 0 Å². The van der Waals surface area contributed by atoms with Crippen molar-refractivity contribution in [1.82, 2.24) is 9.47 Å². The van der Waals surface area contributed by atoms with Crippen LogP contribution in [0.25, 0.3) is 11.8 Å². The van der Waals surface area contributed by atoms with Crippen LogP contribution in [-0.4, -0.2) is 58.3 Å². The Kier molecular flexibility index (Phi) is 6.47. The quantitative estimate of drug-likeness (QED) is 0.263. The summed E-state index contributed by atoms with van der Waals surface area (Å²) >= 11 is 0.758. The molecule has 0 aliphatic carbocycles. The summed E-state index contributed by atoms with van der Waals surface area (Å²) in [7, 11) is 1.19. The number of methoxy groups -OCH3 is 1. The molecule has 2 aliphatic heterocycles. The Labute approximate surface area is 200 Å². The van der Waals surface area contributed by atoms with Crippen LogP contribution in [0.5, 0.6) is 0 Å². The van der Waals surface area contributed by atoms with Crippen LogP contribution in [0.1, 0.15) is 29.8 Å². The normalized spacial score (nSPS) is 17.2. The Bertz CT molecular complexity index is 1230. The van der Waals surface area contributed by atoms with Crippen molar-refractivity contribution in [2.75, 3.05) is 31.6 Å². The molecule has 0 spiro atoms. The van der Waals surface area contributed by atoms with Gasteiger partial charge in [-0.25, -0.2) is 0 Å². The van der Waals surface area contributed by atoms with E-state index in [0.717, 1.165) is 54.0 Å². The number of aryl methyl sites for hydroxylation is 1. The van der Waals surface area contributed by atoms with Gasteiger partial charge in [0.25, 0.3) is 16.8 Å². The highest BCUT2D eigenvalue weighted by Crippen LogP contribution is 2.36. The molecule has 2 fully saturated rings. The Morgan fingerprint density at radius 3 is 2.56 bits per heavy atom. The van der Waals surface area contributed by atoms with Gasteiger partial charge in [-0.05, 0) is 68.3 Å². The molecule has 0 radical (unpaired) electrons. The Balaban J connectivity index is 1.68. The lowest BCUT2D eigenvalue weighted by Crippen LogP contribution is -2.34. The first-order valence-corrected chi connectivity index (χ1v) is 11.6. The molecule has 0 N–H and O–H groups in total. The third-order valence-electron chi connectivity index (χ3n) is 6.01. The molecule has 11 heteroatoms. The summed E-state index contributed by atoms with van der Waals surface area (Å²) < 4.78 is 6.43. The summed E-state index contributed by atoms with van der Waals surface area (Å²) in [5.41, 5.74) is 3.60. The van der Waals surface area contributed by atoms with Crippen LogP contribution >= 0.6 is 11.8 Å². The number of nitro groups is 1. The van der Waals surface area contributed by atoms with E-state index in [9.17, 15) is 24.5 Å². The summed E-state index contributed by atoms with van der Waals surface area (Å²) in [5.74, 6) is -1.24. The summed E-state index contributed by atoms with van der Waals surface area (Å²) in [6.45, 7) is 4.88. The Morgan fingerprint density at radius 1 is 1.21 bits per heavy atom. The molecular weight excluding hydrogens is 460 g/mol. The average Bonchev–Trinajstić information content (AvgIpc) is 3.50. The minimum atomic E-state index is -0.680. The molecule has 0 bridgehead atoms. The van der Waals surface area contributed by atoms with Crippen LogP contribution in [0.4, 0.5) is 16.2 Å². The van der Waals surface area contributed by atoms with Crippen LogP contribution in [0.2, 0.25) is 0 Å². The van der Waals surface area contributed by atoms with E-state index >= 15 is 0 Å². The molecule has 178 valence electrons. The van der Waals surface area contributed by atoms with Gasteiger partial charge < -0.3 is 14.2 Å². The topological polar surface area (TPSA) is 115 Å². The van der Waals surface area contributed by atoms with E-state index in [1.807, 2.05) is 35.4 Å². The molecule has 2 aliphatic rings. The van der Waals surface area contributed by atoms with Gasteiger partial charge >= 0.3 is 5.97 Å². The van der Waals surface area contributed by atoms with Crippen molar-refractivity contribution >= 4 is 46.3 Å². The molecule has 34 heavy (non-hydrogen) atoms. The lowest BCUT2D eigenvalue weighted by atomic mass is 10.2. The van der Waals surface area contributed by atoms with E-state index in [1.165, 1.54) is 7.11 Å². The van der Waals surface area contributed by atoms with Gasteiger partial charge in [-0.1, -0.05) is 0 Å². The molecule has 0 unspecified atom stereocenters. The number of carbonyl (C=O) groups excluding carboxylic acids is 3. The van der Waals surface area contributed by atoms with E-state index in [4.69, 9.17) is 0 Å². The second kappa shape index (κ2) is 9.34. The highest BCUT2D eigenvalue weighted by atomic mass is 32.2. The van der Waals surface area contributed by atoms with Crippen LogP contribution in [0.15, 0.2) is 29.2 Å². The number of hydrogen-bond donors (Lipinski definition) is 0. The van der Waals surface area contributed by atoms with Gasteiger partial charge in [0.2, 0.25) is 0 Å². The molecule has 1 aromatic carbocycles. The van der Waals surface area contributed by atoms with Crippen molar-refractivity contribution < 1.29 is 24.0 Å². The maximum absolute atomic E-state index is 12.6. The van der Waals surface area contributed by atoms with Gasteiger partial charge in [0.05, 0.1) is 22.6 Å². The van der Waals surface area contributed by atoms with Gasteiger partial charge in [0.1, 0.15) is 12.2 Å². The number of esters is 1. The standard InChI is InChI=1S/C23H24N4O6S/c1-14-10-16(11-20-22(29)25(23(30)34-20)13-21(28)33-3)15(2)26(14)17-6-7-18(19(12-17)27(31)32)24-8-4-5-9-24/h6-7,10-12H,4-5,8-9,13H2,1-3H3/b20-11-. The number of benzene rings is 1. The molecule has 4 rings (SSSR count). The fourth-order valence-electron chi connectivity index (χ4n) is 4.32. The van der Waals surface area contributed by atoms with Crippen LogP contribution in [0, 0.1) is 24.0 Å². The largest absolute Gasteiger partial charge is 0.468 e. The highest BCUT2D eigenvalue weighted by Gasteiger charge is 2.36. The smallest absolute Gasteiger partial charge is 0.325 e. The van der Waals surface area contributed by atoms with E-state index in [1.54, 1.807) is 18.2 Å². The van der Waals surface area contributed by atoms with Gasteiger partial charge in [0.15, 0.2) is 0 Å². The molecule has 1 aromatic heterocycles. The van der Waals surface area contributed by atoms with E-state index in [0.29, 0.717) is 16.9 Å². The van der Waals surface area contributed by atoms with Gasteiger partial charge in [-0.2, -0.15) is 0 Å². The van der Waals surface area contributed by atoms with E-state index in [2.05, 4.69) is 4.74 Å². The van der Waals surface area contributed by atoms with Crippen molar-refractivity contribution in [3.8, 4) is 5.69 Å². The second-order valence-electron chi connectivity index (χ2n) is 8.13. The van der Waals surface area contributed by atoms with Gasteiger partial charge in [0, 0.05) is 30.5 Å². The number of thioether (sulfide) groups is 1. The number of imide groups is 1. The summed E-state index contributed by atoms with van der Waals surface area (Å²) in [6, 6.07) is 7.07. The summed E-state index contributed by atoms with van der Waals surface area (Å²) in [5, 5.41) is 11.3. The minimum Gasteiger partial charge on any atom is -0.468 e. The Morgan fingerprint density at radius 2 is 1.91 bits per heavy atom. The highest BCUT2D eigenvalue weighted by molar-refractivity contribution is 8.18. The average molecular weight is 485 g/mol. The third-order valence-corrected chi connectivity index (χ3v) is 6.91. The zero-order valence-corrected chi connectivity index (χ0v) is 19.9. The molecule has 2 amide bonds. The molecule has 2 aromatic rings. The predicted octanol–water partition coefficient (Wildman–Crippen LogP) is 3.81. The third kappa shape index (κ3) is 4.30. The lowest BCUT2D eigenvalue weighted by Gasteiger charge is -2.19. The SMILES string of the molecule is COC(=O)CN1C(=O)S/C(=C\c2cc(C)n(-c3ccc(N4CCCC4)c([N+](=O)[O-])c3)c2C)C1=O. The number of rotatable bonds is 6. The number of nitro benzene ring substituents is 1. The molecular formula is C23H24N4O6S. The maximum Gasteiger partial charge on any atom is 0.325 e.